The van der Waals surface area contributed by atoms with Gasteiger partial charge in [0.1, 0.15) is 0 Å². The minimum Gasteiger partial charge on any atom is -0.320 e. The summed E-state index contributed by atoms with van der Waals surface area (Å²) in [6.07, 6.45) is 1.00. The normalized spacial score (nSPS) is 15.5. The van der Waals surface area contributed by atoms with E-state index in [1.54, 1.807) is 4.90 Å². The molecule has 15 heavy (non-hydrogen) atoms. The quantitative estimate of drug-likeness (QED) is 0.726. The van der Waals surface area contributed by atoms with Gasteiger partial charge in [-0.3, -0.25) is 4.90 Å². The van der Waals surface area contributed by atoms with Crippen LogP contribution in [0.15, 0.2) is 24.3 Å². The smallest absolute Gasteiger partial charge is 0.320 e. The molecule has 0 radical (unpaired) electrons. The van der Waals surface area contributed by atoms with Crippen LogP contribution in [0.3, 0.4) is 0 Å². The highest BCUT2D eigenvalue weighted by molar-refractivity contribution is 5.94. The topological polar surface area (TPSA) is 23.6 Å². The van der Waals surface area contributed by atoms with Gasteiger partial charge in [0.15, 0.2) is 0 Å². The first-order chi connectivity index (χ1) is 7.24. The molecule has 0 bridgehead atoms. The molecule has 0 N–H and O–H groups in total. The molecule has 80 valence electrons. The number of anilines is 1. The summed E-state index contributed by atoms with van der Waals surface area (Å²) in [6.45, 7) is 3.67. The van der Waals surface area contributed by atoms with Crippen LogP contribution in [-0.2, 0) is 6.54 Å². The molecule has 1 aliphatic rings. The van der Waals surface area contributed by atoms with Gasteiger partial charge in [0.2, 0.25) is 0 Å². The second-order valence-corrected chi connectivity index (χ2v) is 3.89. The molecular weight excluding hydrogens is 188 g/mol. The number of hydrogen-bond donors (Lipinski definition) is 0. The van der Waals surface area contributed by atoms with Gasteiger partial charge >= 0.3 is 6.03 Å². The molecule has 1 aliphatic heterocycles. The van der Waals surface area contributed by atoms with Gasteiger partial charge in [-0.1, -0.05) is 25.1 Å². The number of fused-ring (bicyclic) bond motifs is 1. The van der Waals surface area contributed by atoms with E-state index in [0.717, 1.165) is 25.2 Å². The van der Waals surface area contributed by atoms with Gasteiger partial charge in [-0.05, 0) is 18.1 Å². The fourth-order valence-electron chi connectivity index (χ4n) is 2.00. The third-order valence-corrected chi connectivity index (χ3v) is 2.77. The number of nitrogens with zero attached hydrogens (tertiary/aromatic N) is 2. The van der Waals surface area contributed by atoms with E-state index < -0.39 is 0 Å². The molecule has 3 heteroatoms. The zero-order valence-electron chi connectivity index (χ0n) is 9.23. The molecule has 2 amide bonds. The van der Waals surface area contributed by atoms with E-state index in [1.165, 1.54) is 5.56 Å². The van der Waals surface area contributed by atoms with Crippen LogP contribution in [0, 0.1) is 0 Å². The van der Waals surface area contributed by atoms with Gasteiger partial charge in [0.05, 0.1) is 5.69 Å². The molecule has 3 nitrogen and oxygen atoms in total. The largest absolute Gasteiger partial charge is 0.324 e. The lowest BCUT2D eigenvalue weighted by Crippen LogP contribution is -2.45. The van der Waals surface area contributed by atoms with Gasteiger partial charge in [-0.15, -0.1) is 0 Å². The SMILES string of the molecule is CCCN1Cc2ccccc2N(C)C1=O. The van der Waals surface area contributed by atoms with E-state index in [-0.39, 0.29) is 6.03 Å². The van der Waals surface area contributed by atoms with Crippen molar-refractivity contribution >= 4 is 11.7 Å². The highest BCUT2D eigenvalue weighted by atomic mass is 16.2. The Morgan fingerprint density at radius 1 is 1.33 bits per heavy atom. The molecule has 0 unspecified atom stereocenters. The first kappa shape index (κ1) is 10.0. The van der Waals surface area contributed by atoms with Crippen LogP contribution in [0.4, 0.5) is 10.5 Å². The third-order valence-electron chi connectivity index (χ3n) is 2.77. The fraction of sp³-hybridized carbons (Fsp3) is 0.417. The Hall–Kier alpha value is -1.51. The van der Waals surface area contributed by atoms with Crippen LogP contribution in [0.2, 0.25) is 0 Å². The van der Waals surface area contributed by atoms with E-state index in [1.807, 2.05) is 30.1 Å². The standard InChI is InChI=1S/C12H16N2O/c1-3-8-14-9-10-6-4-5-7-11(10)13(2)12(14)15/h4-7H,3,8-9H2,1-2H3. The fourth-order valence-corrected chi connectivity index (χ4v) is 2.00. The number of urea groups is 1. The van der Waals surface area contributed by atoms with Crippen molar-refractivity contribution in [2.45, 2.75) is 19.9 Å². The number of carbonyl (C=O) groups is 1. The lowest BCUT2D eigenvalue weighted by Gasteiger charge is -2.34. The van der Waals surface area contributed by atoms with Crippen LogP contribution in [0.5, 0.6) is 0 Å². The summed E-state index contributed by atoms with van der Waals surface area (Å²) >= 11 is 0. The van der Waals surface area contributed by atoms with Gasteiger partial charge in [-0.2, -0.15) is 0 Å². The van der Waals surface area contributed by atoms with Crippen molar-refractivity contribution in [3.63, 3.8) is 0 Å². The average molecular weight is 204 g/mol. The van der Waals surface area contributed by atoms with Crippen LogP contribution in [0.25, 0.3) is 0 Å². The predicted octanol–water partition coefficient (Wildman–Crippen LogP) is 2.47. The first-order valence-electron chi connectivity index (χ1n) is 5.34. The van der Waals surface area contributed by atoms with Crippen molar-refractivity contribution < 1.29 is 4.79 Å². The number of carbonyl (C=O) groups excluding carboxylic acids is 1. The molecule has 0 fully saturated rings. The first-order valence-corrected chi connectivity index (χ1v) is 5.34. The molecule has 0 atom stereocenters. The summed E-state index contributed by atoms with van der Waals surface area (Å²) in [5.74, 6) is 0. The molecule has 0 aromatic heterocycles. The summed E-state index contributed by atoms with van der Waals surface area (Å²) in [4.78, 5) is 15.6. The van der Waals surface area contributed by atoms with Gasteiger partial charge < -0.3 is 4.90 Å². The second kappa shape index (κ2) is 3.93. The average Bonchev–Trinajstić information content (AvgIpc) is 2.26. The molecule has 0 saturated carbocycles. The molecule has 1 aromatic rings. The number of para-hydroxylation sites is 1. The van der Waals surface area contributed by atoms with Crippen molar-refractivity contribution in [3.05, 3.63) is 29.8 Å². The van der Waals surface area contributed by atoms with Crippen LogP contribution in [0.1, 0.15) is 18.9 Å². The van der Waals surface area contributed by atoms with E-state index >= 15 is 0 Å². The molecule has 1 aromatic carbocycles. The van der Waals surface area contributed by atoms with Crippen LogP contribution < -0.4 is 4.90 Å². The number of hydrogen-bond acceptors (Lipinski definition) is 1. The van der Waals surface area contributed by atoms with E-state index in [9.17, 15) is 4.79 Å². The summed E-state index contributed by atoms with van der Waals surface area (Å²) in [5, 5.41) is 0. The van der Waals surface area contributed by atoms with E-state index in [2.05, 4.69) is 13.0 Å². The van der Waals surface area contributed by atoms with Crippen molar-refractivity contribution in [3.8, 4) is 0 Å². The lowest BCUT2D eigenvalue weighted by atomic mass is 10.1. The van der Waals surface area contributed by atoms with Gasteiger partial charge in [0.25, 0.3) is 0 Å². The zero-order chi connectivity index (χ0) is 10.8. The second-order valence-electron chi connectivity index (χ2n) is 3.89. The Balaban J connectivity index is 2.32. The molecule has 1 heterocycles. The maximum atomic E-state index is 11.9. The molecular formula is C12H16N2O. The summed E-state index contributed by atoms with van der Waals surface area (Å²) in [5.41, 5.74) is 2.27. The Morgan fingerprint density at radius 3 is 2.80 bits per heavy atom. The maximum Gasteiger partial charge on any atom is 0.324 e. The Kier molecular flexibility index (Phi) is 2.62. The van der Waals surface area contributed by atoms with Crippen molar-refractivity contribution in [2.24, 2.45) is 0 Å². The molecule has 0 aliphatic carbocycles. The maximum absolute atomic E-state index is 11.9. The van der Waals surface area contributed by atoms with Gasteiger partial charge in [-0.25, -0.2) is 4.79 Å². The Labute approximate surface area is 90.3 Å². The zero-order valence-corrected chi connectivity index (χ0v) is 9.23. The van der Waals surface area contributed by atoms with Crippen molar-refractivity contribution in [1.82, 2.24) is 4.90 Å². The monoisotopic (exact) mass is 204 g/mol. The number of rotatable bonds is 2. The van der Waals surface area contributed by atoms with E-state index in [0.29, 0.717) is 0 Å². The summed E-state index contributed by atoms with van der Waals surface area (Å²) in [6, 6.07) is 8.18. The highest BCUT2D eigenvalue weighted by Crippen LogP contribution is 2.26. The summed E-state index contributed by atoms with van der Waals surface area (Å²) < 4.78 is 0. The van der Waals surface area contributed by atoms with Crippen molar-refractivity contribution in [1.29, 1.82) is 0 Å². The van der Waals surface area contributed by atoms with Crippen LogP contribution >= 0.6 is 0 Å². The Morgan fingerprint density at radius 2 is 2.07 bits per heavy atom. The van der Waals surface area contributed by atoms with Crippen molar-refractivity contribution in [2.75, 3.05) is 18.5 Å². The summed E-state index contributed by atoms with van der Waals surface area (Å²) in [7, 11) is 1.84. The van der Waals surface area contributed by atoms with E-state index in [4.69, 9.17) is 0 Å². The minimum atomic E-state index is 0.107. The molecule has 0 saturated heterocycles. The van der Waals surface area contributed by atoms with Crippen LogP contribution in [-0.4, -0.2) is 24.5 Å². The lowest BCUT2D eigenvalue weighted by molar-refractivity contribution is 0.200. The number of benzene rings is 1. The highest BCUT2D eigenvalue weighted by Gasteiger charge is 2.26. The van der Waals surface area contributed by atoms with Gasteiger partial charge in [0, 0.05) is 20.1 Å². The number of amides is 2. The third kappa shape index (κ3) is 1.69. The Bertz CT molecular complexity index is 376. The minimum absolute atomic E-state index is 0.107. The molecule has 2 rings (SSSR count). The predicted molar refractivity (Wildman–Crippen MR) is 60.9 cm³/mol. The molecule has 0 spiro atoms.